The molecule has 2 N–H and O–H groups in total. The van der Waals surface area contributed by atoms with Gasteiger partial charge < -0.3 is 14.8 Å². The highest BCUT2D eigenvalue weighted by Gasteiger charge is 2.09. The Morgan fingerprint density at radius 2 is 2.24 bits per heavy atom. The predicted octanol–water partition coefficient (Wildman–Crippen LogP) is 0.345. The van der Waals surface area contributed by atoms with Crippen molar-refractivity contribution in [2.24, 2.45) is 5.92 Å². The van der Waals surface area contributed by atoms with Crippen molar-refractivity contribution >= 4 is 11.8 Å². The second-order valence-electron chi connectivity index (χ2n) is 4.23. The molecular formula is C11H18N2O3S. The third kappa shape index (κ3) is 4.49. The number of hydrogen-bond donors (Lipinski definition) is 2. The van der Waals surface area contributed by atoms with Gasteiger partial charge in [0.15, 0.2) is 5.03 Å². The smallest absolute Gasteiger partial charge is 0.283 e. The average molecular weight is 258 g/mol. The van der Waals surface area contributed by atoms with Crippen LogP contribution >= 0.6 is 11.8 Å². The lowest BCUT2D eigenvalue weighted by molar-refractivity contribution is 0.113. The maximum Gasteiger partial charge on any atom is 0.283 e. The highest BCUT2D eigenvalue weighted by molar-refractivity contribution is 7.99. The van der Waals surface area contributed by atoms with E-state index in [1.54, 1.807) is 17.0 Å². The van der Waals surface area contributed by atoms with E-state index in [4.69, 9.17) is 5.11 Å². The normalized spacial score (nSPS) is 13.0. The van der Waals surface area contributed by atoms with Crippen molar-refractivity contribution < 1.29 is 10.2 Å². The Bertz CT molecular complexity index is 406. The first kappa shape index (κ1) is 14.2. The molecule has 1 rings (SSSR count). The Morgan fingerprint density at radius 3 is 2.82 bits per heavy atom. The maximum atomic E-state index is 11.9. The number of thioether (sulfide) groups is 1. The summed E-state index contributed by atoms with van der Waals surface area (Å²) in [5, 5.41) is 18.3. The molecule has 0 aromatic carbocycles. The highest BCUT2D eigenvalue weighted by Crippen LogP contribution is 2.11. The van der Waals surface area contributed by atoms with Gasteiger partial charge in [-0.05, 0) is 5.92 Å². The molecule has 0 radical (unpaired) electrons. The molecule has 0 aliphatic rings. The molecule has 0 aliphatic carbocycles. The van der Waals surface area contributed by atoms with Crippen molar-refractivity contribution in [3.63, 3.8) is 0 Å². The van der Waals surface area contributed by atoms with E-state index in [2.05, 4.69) is 4.98 Å². The molecule has 0 bridgehead atoms. The molecule has 5 nitrogen and oxygen atoms in total. The Labute approximate surface area is 105 Å². The molecule has 17 heavy (non-hydrogen) atoms. The summed E-state index contributed by atoms with van der Waals surface area (Å²) in [5.74, 6) is 0.653. The van der Waals surface area contributed by atoms with Crippen molar-refractivity contribution in [1.29, 1.82) is 0 Å². The topological polar surface area (TPSA) is 75.3 Å². The van der Waals surface area contributed by atoms with E-state index >= 15 is 0 Å². The summed E-state index contributed by atoms with van der Waals surface area (Å²) in [5.41, 5.74) is -0.142. The van der Waals surface area contributed by atoms with Crippen LogP contribution in [0.3, 0.4) is 0 Å². The van der Waals surface area contributed by atoms with Crippen molar-refractivity contribution in [3.8, 4) is 0 Å². The van der Waals surface area contributed by atoms with E-state index < -0.39 is 6.10 Å². The summed E-state index contributed by atoms with van der Waals surface area (Å²) < 4.78 is 1.62. The molecule has 6 heteroatoms. The van der Waals surface area contributed by atoms with Crippen molar-refractivity contribution in [1.82, 2.24) is 9.55 Å². The van der Waals surface area contributed by atoms with E-state index in [-0.39, 0.29) is 17.9 Å². The average Bonchev–Trinajstić information content (AvgIpc) is 2.29. The fourth-order valence-electron chi connectivity index (χ4n) is 1.29. The van der Waals surface area contributed by atoms with Gasteiger partial charge in [-0.1, -0.05) is 25.6 Å². The first-order chi connectivity index (χ1) is 8.04. The van der Waals surface area contributed by atoms with Crippen LogP contribution in [0.2, 0.25) is 0 Å². The number of aliphatic hydroxyl groups is 2. The number of rotatable bonds is 6. The summed E-state index contributed by atoms with van der Waals surface area (Å²) in [6.07, 6.45) is 2.42. The van der Waals surface area contributed by atoms with Gasteiger partial charge in [0.1, 0.15) is 0 Å². The first-order valence-electron chi connectivity index (χ1n) is 5.51. The van der Waals surface area contributed by atoms with E-state index in [0.29, 0.717) is 17.5 Å². The fraction of sp³-hybridized carbons (Fsp3) is 0.636. The monoisotopic (exact) mass is 258 g/mol. The van der Waals surface area contributed by atoms with Crippen LogP contribution in [-0.2, 0) is 6.54 Å². The largest absolute Gasteiger partial charge is 0.394 e. The van der Waals surface area contributed by atoms with Crippen LogP contribution in [0.25, 0.3) is 0 Å². The van der Waals surface area contributed by atoms with Gasteiger partial charge in [0, 0.05) is 24.7 Å². The molecular weight excluding hydrogens is 240 g/mol. The second kappa shape index (κ2) is 6.78. The molecule has 1 unspecified atom stereocenters. The van der Waals surface area contributed by atoms with Gasteiger partial charge in [-0.15, -0.1) is 0 Å². The van der Waals surface area contributed by atoms with Crippen molar-refractivity contribution in [3.05, 3.63) is 22.7 Å². The van der Waals surface area contributed by atoms with Crippen molar-refractivity contribution in [2.45, 2.75) is 31.5 Å². The lowest BCUT2D eigenvalue weighted by Crippen LogP contribution is -2.25. The number of hydrogen-bond acceptors (Lipinski definition) is 5. The lowest BCUT2D eigenvalue weighted by atomic mass is 10.2. The SMILES string of the molecule is CC(C)Cn1ccnc(SCC(O)CO)c1=O. The van der Waals surface area contributed by atoms with Gasteiger partial charge in [-0.2, -0.15) is 0 Å². The Balaban J connectivity index is 2.76. The van der Waals surface area contributed by atoms with Crippen molar-refractivity contribution in [2.75, 3.05) is 12.4 Å². The molecule has 0 amide bonds. The zero-order valence-electron chi connectivity index (χ0n) is 10.0. The quantitative estimate of drug-likeness (QED) is 0.720. The number of aliphatic hydroxyl groups excluding tert-OH is 2. The van der Waals surface area contributed by atoms with Crippen LogP contribution in [0.4, 0.5) is 0 Å². The minimum atomic E-state index is -0.819. The summed E-state index contributed by atoms with van der Waals surface area (Å²) in [4.78, 5) is 15.9. The molecule has 1 atom stereocenters. The third-order valence-electron chi connectivity index (χ3n) is 2.07. The van der Waals surface area contributed by atoms with Gasteiger partial charge in [-0.3, -0.25) is 4.79 Å². The number of nitrogens with zero attached hydrogens (tertiary/aromatic N) is 2. The van der Waals surface area contributed by atoms with Crippen LogP contribution in [0.1, 0.15) is 13.8 Å². The molecule has 0 aliphatic heterocycles. The fourth-order valence-corrected chi connectivity index (χ4v) is 2.12. The maximum absolute atomic E-state index is 11.9. The summed E-state index contributed by atoms with van der Waals surface area (Å²) in [7, 11) is 0. The summed E-state index contributed by atoms with van der Waals surface area (Å²) in [6, 6.07) is 0. The molecule has 0 saturated heterocycles. The van der Waals surface area contributed by atoms with E-state index in [0.717, 1.165) is 0 Å². The minimum Gasteiger partial charge on any atom is -0.394 e. The highest BCUT2D eigenvalue weighted by atomic mass is 32.2. The standard InChI is InChI=1S/C11H18N2O3S/c1-8(2)5-13-4-3-12-10(11(13)16)17-7-9(15)6-14/h3-4,8-9,14-15H,5-7H2,1-2H3. The Morgan fingerprint density at radius 1 is 1.53 bits per heavy atom. The van der Waals surface area contributed by atoms with Gasteiger partial charge >= 0.3 is 0 Å². The summed E-state index contributed by atoms with van der Waals surface area (Å²) >= 11 is 1.17. The van der Waals surface area contributed by atoms with Crippen LogP contribution in [0.15, 0.2) is 22.2 Å². The van der Waals surface area contributed by atoms with Crippen LogP contribution < -0.4 is 5.56 Å². The van der Waals surface area contributed by atoms with E-state index in [1.807, 2.05) is 13.8 Å². The molecule has 1 aromatic heterocycles. The first-order valence-corrected chi connectivity index (χ1v) is 6.50. The zero-order chi connectivity index (χ0) is 12.8. The molecule has 0 fully saturated rings. The second-order valence-corrected chi connectivity index (χ2v) is 5.24. The summed E-state index contributed by atoms with van der Waals surface area (Å²) in [6.45, 7) is 4.42. The lowest BCUT2D eigenvalue weighted by Gasteiger charge is -2.10. The molecule has 1 heterocycles. The number of aromatic nitrogens is 2. The molecule has 0 spiro atoms. The molecule has 1 aromatic rings. The van der Waals surface area contributed by atoms with Crippen LogP contribution in [-0.4, -0.2) is 38.2 Å². The Kier molecular flexibility index (Phi) is 5.67. The third-order valence-corrected chi connectivity index (χ3v) is 3.17. The van der Waals surface area contributed by atoms with E-state index in [9.17, 15) is 9.90 Å². The van der Waals surface area contributed by atoms with Gasteiger partial charge in [0.05, 0.1) is 12.7 Å². The van der Waals surface area contributed by atoms with Crippen LogP contribution in [0, 0.1) is 5.92 Å². The predicted molar refractivity (Wildman–Crippen MR) is 67.2 cm³/mol. The van der Waals surface area contributed by atoms with Crippen LogP contribution in [0.5, 0.6) is 0 Å². The van der Waals surface area contributed by atoms with Gasteiger partial charge in [-0.25, -0.2) is 4.98 Å². The van der Waals surface area contributed by atoms with Gasteiger partial charge in [0.2, 0.25) is 0 Å². The molecule has 0 saturated carbocycles. The molecule has 96 valence electrons. The minimum absolute atomic E-state index is 0.142. The Hall–Kier alpha value is -0.850. The zero-order valence-corrected chi connectivity index (χ0v) is 10.9. The van der Waals surface area contributed by atoms with Gasteiger partial charge in [0.25, 0.3) is 5.56 Å². The van der Waals surface area contributed by atoms with E-state index in [1.165, 1.54) is 11.8 Å².